The fraction of sp³-hybridized carbons (Fsp3) is 0.500. The molecule has 1 aromatic rings. The largest absolute Gasteiger partial charge is 0.481 e. The smallest absolute Gasteiger partial charge is 0.309 e. The van der Waals surface area contributed by atoms with E-state index in [0.29, 0.717) is 6.42 Å². The zero-order chi connectivity index (χ0) is 12.5. The first-order chi connectivity index (χ1) is 7.24. The molecule has 0 saturated heterocycles. The molecule has 0 bridgehead atoms. The van der Waals surface area contributed by atoms with Crippen molar-refractivity contribution in [3.63, 3.8) is 0 Å². The number of thiophene rings is 1. The standard InChI is InChI=1S/C10H13Br2NO2S/c1-10(2,9(14)15)4-6(13)7-3-5(11)8(12)16-7/h3,6H,4,13H2,1-2H3,(H,14,15). The Labute approximate surface area is 115 Å². The zero-order valence-corrected chi connectivity index (χ0v) is 12.9. The molecule has 90 valence electrons. The molecule has 0 aliphatic carbocycles. The van der Waals surface area contributed by atoms with Gasteiger partial charge in [0.15, 0.2) is 0 Å². The Bertz CT molecular complexity index is 384. The summed E-state index contributed by atoms with van der Waals surface area (Å²) < 4.78 is 1.93. The normalized spacial score (nSPS) is 13.8. The zero-order valence-electron chi connectivity index (χ0n) is 8.96. The van der Waals surface area contributed by atoms with Crippen LogP contribution in [0.1, 0.15) is 31.2 Å². The third kappa shape index (κ3) is 3.29. The van der Waals surface area contributed by atoms with Gasteiger partial charge in [-0.15, -0.1) is 11.3 Å². The maximum absolute atomic E-state index is 11.0. The lowest BCUT2D eigenvalue weighted by Gasteiger charge is -2.22. The van der Waals surface area contributed by atoms with E-state index in [0.717, 1.165) is 13.1 Å². The first-order valence-corrected chi connectivity index (χ1v) is 7.08. The number of halogens is 2. The van der Waals surface area contributed by atoms with Crippen LogP contribution in [0.3, 0.4) is 0 Å². The van der Waals surface area contributed by atoms with E-state index >= 15 is 0 Å². The van der Waals surface area contributed by atoms with Crippen molar-refractivity contribution in [2.24, 2.45) is 11.1 Å². The molecule has 0 radical (unpaired) electrons. The van der Waals surface area contributed by atoms with Crippen LogP contribution in [0, 0.1) is 5.41 Å². The van der Waals surface area contributed by atoms with E-state index in [9.17, 15) is 4.79 Å². The summed E-state index contributed by atoms with van der Waals surface area (Å²) in [7, 11) is 0. The predicted octanol–water partition coefficient (Wildman–Crippen LogP) is 3.77. The van der Waals surface area contributed by atoms with E-state index in [-0.39, 0.29) is 6.04 Å². The van der Waals surface area contributed by atoms with Gasteiger partial charge in [0.05, 0.1) is 9.20 Å². The average Bonchev–Trinajstić information content (AvgIpc) is 2.46. The first kappa shape index (κ1) is 14.2. The Kier molecular flexibility index (Phi) is 4.57. The van der Waals surface area contributed by atoms with Crippen molar-refractivity contribution < 1.29 is 9.90 Å². The van der Waals surface area contributed by atoms with Gasteiger partial charge in [-0.2, -0.15) is 0 Å². The molecule has 1 unspecified atom stereocenters. The van der Waals surface area contributed by atoms with Crippen molar-refractivity contribution in [3.8, 4) is 0 Å². The van der Waals surface area contributed by atoms with Gasteiger partial charge in [-0.05, 0) is 58.2 Å². The lowest BCUT2D eigenvalue weighted by molar-refractivity contribution is -0.147. The van der Waals surface area contributed by atoms with Gasteiger partial charge in [0.1, 0.15) is 0 Å². The van der Waals surface area contributed by atoms with Crippen LogP contribution in [0.4, 0.5) is 0 Å². The third-order valence-corrected chi connectivity index (χ3v) is 5.73. The number of hydrogen-bond donors (Lipinski definition) is 2. The highest BCUT2D eigenvalue weighted by atomic mass is 79.9. The topological polar surface area (TPSA) is 63.3 Å². The molecule has 0 spiro atoms. The maximum Gasteiger partial charge on any atom is 0.309 e. The molecule has 1 rings (SSSR count). The second kappa shape index (κ2) is 5.16. The molecular formula is C10H13Br2NO2S. The van der Waals surface area contributed by atoms with Gasteiger partial charge in [0.25, 0.3) is 0 Å². The lowest BCUT2D eigenvalue weighted by Crippen LogP contribution is -2.28. The SMILES string of the molecule is CC(C)(CC(N)c1cc(Br)c(Br)s1)C(=O)O. The molecule has 0 aromatic carbocycles. The van der Waals surface area contributed by atoms with Gasteiger partial charge in [-0.3, -0.25) is 4.79 Å². The molecule has 0 saturated carbocycles. The second-order valence-electron chi connectivity index (χ2n) is 4.27. The Balaban J connectivity index is 2.80. The summed E-state index contributed by atoms with van der Waals surface area (Å²) in [5.41, 5.74) is 5.20. The van der Waals surface area contributed by atoms with Gasteiger partial charge in [0, 0.05) is 15.4 Å². The van der Waals surface area contributed by atoms with Crippen LogP contribution in [-0.2, 0) is 4.79 Å². The summed E-state index contributed by atoms with van der Waals surface area (Å²) in [6.45, 7) is 3.37. The van der Waals surface area contributed by atoms with E-state index in [1.807, 2.05) is 6.07 Å². The summed E-state index contributed by atoms with van der Waals surface area (Å²) >= 11 is 8.30. The van der Waals surface area contributed by atoms with Crippen LogP contribution in [-0.4, -0.2) is 11.1 Å². The molecule has 0 aliphatic heterocycles. The number of carboxylic acid groups (broad SMARTS) is 1. The van der Waals surface area contributed by atoms with E-state index < -0.39 is 11.4 Å². The van der Waals surface area contributed by atoms with E-state index in [1.54, 1.807) is 13.8 Å². The summed E-state index contributed by atoms with van der Waals surface area (Å²) in [4.78, 5) is 12.0. The van der Waals surface area contributed by atoms with Crippen molar-refractivity contribution in [2.45, 2.75) is 26.3 Å². The lowest BCUT2D eigenvalue weighted by atomic mass is 9.86. The van der Waals surface area contributed by atoms with Crippen LogP contribution in [0.25, 0.3) is 0 Å². The highest BCUT2D eigenvalue weighted by Gasteiger charge is 2.30. The summed E-state index contributed by atoms with van der Waals surface area (Å²) in [5, 5.41) is 9.03. The molecule has 16 heavy (non-hydrogen) atoms. The van der Waals surface area contributed by atoms with Crippen molar-refractivity contribution in [1.82, 2.24) is 0 Å². The quantitative estimate of drug-likeness (QED) is 0.847. The highest BCUT2D eigenvalue weighted by Crippen LogP contribution is 2.38. The van der Waals surface area contributed by atoms with Gasteiger partial charge in [-0.1, -0.05) is 0 Å². The number of rotatable bonds is 4. The summed E-state index contributed by atoms with van der Waals surface area (Å²) in [5.74, 6) is -0.822. The van der Waals surface area contributed by atoms with Gasteiger partial charge < -0.3 is 10.8 Å². The molecule has 0 aliphatic rings. The van der Waals surface area contributed by atoms with Gasteiger partial charge >= 0.3 is 5.97 Å². The molecule has 1 heterocycles. The van der Waals surface area contributed by atoms with E-state index in [4.69, 9.17) is 10.8 Å². The maximum atomic E-state index is 11.0. The summed E-state index contributed by atoms with van der Waals surface area (Å²) in [6, 6.07) is 1.68. The van der Waals surface area contributed by atoms with Crippen molar-refractivity contribution in [3.05, 3.63) is 19.2 Å². The molecule has 6 heteroatoms. The highest BCUT2D eigenvalue weighted by molar-refractivity contribution is 9.13. The third-order valence-electron chi connectivity index (χ3n) is 2.34. The van der Waals surface area contributed by atoms with E-state index in [2.05, 4.69) is 31.9 Å². The van der Waals surface area contributed by atoms with Crippen LogP contribution in [0.5, 0.6) is 0 Å². The first-order valence-electron chi connectivity index (χ1n) is 4.68. The van der Waals surface area contributed by atoms with Crippen LogP contribution < -0.4 is 5.73 Å². The molecule has 0 amide bonds. The Hall–Kier alpha value is 0.0900. The van der Waals surface area contributed by atoms with Crippen LogP contribution in [0.15, 0.2) is 14.3 Å². The predicted molar refractivity (Wildman–Crippen MR) is 72.7 cm³/mol. The Morgan fingerprint density at radius 1 is 1.62 bits per heavy atom. The van der Waals surface area contributed by atoms with Crippen molar-refractivity contribution in [1.29, 1.82) is 0 Å². The Morgan fingerprint density at radius 2 is 2.19 bits per heavy atom. The molecular weight excluding hydrogens is 358 g/mol. The fourth-order valence-corrected chi connectivity index (χ4v) is 3.37. The van der Waals surface area contributed by atoms with Crippen LogP contribution in [0.2, 0.25) is 0 Å². The minimum Gasteiger partial charge on any atom is -0.481 e. The van der Waals surface area contributed by atoms with Gasteiger partial charge in [-0.25, -0.2) is 0 Å². The number of hydrogen-bond acceptors (Lipinski definition) is 3. The Morgan fingerprint density at radius 3 is 2.56 bits per heavy atom. The van der Waals surface area contributed by atoms with Crippen molar-refractivity contribution >= 4 is 49.2 Å². The average molecular weight is 371 g/mol. The minimum atomic E-state index is -0.822. The molecule has 3 N–H and O–H groups in total. The van der Waals surface area contributed by atoms with Crippen LogP contribution >= 0.6 is 43.2 Å². The number of carboxylic acids is 1. The van der Waals surface area contributed by atoms with E-state index in [1.165, 1.54) is 11.3 Å². The number of nitrogens with two attached hydrogens (primary N) is 1. The number of aliphatic carboxylic acids is 1. The van der Waals surface area contributed by atoms with Crippen molar-refractivity contribution in [2.75, 3.05) is 0 Å². The number of carbonyl (C=O) groups is 1. The summed E-state index contributed by atoms with van der Waals surface area (Å²) in [6.07, 6.45) is 0.418. The molecule has 1 atom stereocenters. The molecule has 3 nitrogen and oxygen atoms in total. The minimum absolute atomic E-state index is 0.251. The monoisotopic (exact) mass is 369 g/mol. The molecule has 0 fully saturated rings. The second-order valence-corrected chi connectivity index (χ2v) is 7.53. The fourth-order valence-electron chi connectivity index (χ4n) is 1.28. The molecule has 1 aromatic heterocycles. The van der Waals surface area contributed by atoms with Gasteiger partial charge in [0.2, 0.25) is 0 Å².